The number of alkyl carbamates (subject to hydrolysis) is 1. The van der Waals surface area contributed by atoms with E-state index in [0.717, 1.165) is 62.9 Å². The molecule has 0 spiro atoms. The zero-order valence-corrected chi connectivity index (χ0v) is 19.5. The van der Waals surface area contributed by atoms with E-state index in [1.807, 2.05) is 32.9 Å². The molecule has 7 nitrogen and oxygen atoms in total. The summed E-state index contributed by atoms with van der Waals surface area (Å²) in [5.74, 6) is 3.98. The van der Waals surface area contributed by atoms with Gasteiger partial charge >= 0.3 is 6.09 Å². The third-order valence-electron chi connectivity index (χ3n) is 5.65. The lowest BCUT2D eigenvalue weighted by atomic mass is 9.98. The van der Waals surface area contributed by atoms with E-state index in [1.165, 1.54) is 0 Å². The highest BCUT2D eigenvalue weighted by molar-refractivity contribution is 7.98. The molecule has 1 saturated heterocycles. The average molecular weight is 437 g/mol. The van der Waals surface area contributed by atoms with Gasteiger partial charge in [0.25, 0.3) is 0 Å². The lowest BCUT2D eigenvalue weighted by molar-refractivity contribution is 0.0492. The fourth-order valence-electron chi connectivity index (χ4n) is 4.34. The van der Waals surface area contributed by atoms with Crippen molar-refractivity contribution in [1.29, 1.82) is 0 Å². The van der Waals surface area contributed by atoms with Crippen molar-refractivity contribution in [1.82, 2.24) is 15.5 Å². The molecular formula is C22H36N4O3S. The SMILES string of the molecule is CSCCN=C(NCCc1ccco1)N1CC2CCC(NC(=O)OC(C)(C)C)C2C1. The Morgan fingerprint density at radius 2 is 2.20 bits per heavy atom. The number of ether oxygens (including phenoxy) is 1. The molecule has 1 aromatic rings. The van der Waals surface area contributed by atoms with Crippen LogP contribution in [0.5, 0.6) is 0 Å². The Labute approximate surface area is 184 Å². The summed E-state index contributed by atoms with van der Waals surface area (Å²) in [6.45, 7) is 9.18. The van der Waals surface area contributed by atoms with E-state index in [1.54, 1.807) is 18.0 Å². The highest BCUT2D eigenvalue weighted by Gasteiger charge is 2.44. The van der Waals surface area contributed by atoms with Crippen LogP contribution in [0, 0.1) is 11.8 Å². The van der Waals surface area contributed by atoms with E-state index < -0.39 is 5.60 Å². The summed E-state index contributed by atoms with van der Waals surface area (Å²) in [5, 5.41) is 6.65. The maximum Gasteiger partial charge on any atom is 0.407 e. The van der Waals surface area contributed by atoms with Crippen LogP contribution in [0.1, 0.15) is 39.4 Å². The molecule has 8 heteroatoms. The molecular weight excluding hydrogens is 400 g/mol. The van der Waals surface area contributed by atoms with E-state index >= 15 is 0 Å². The summed E-state index contributed by atoms with van der Waals surface area (Å²) in [4.78, 5) is 19.5. The number of aliphatic imine (C=N–C) groups is 1. The zero-order chi connectivity index (χ0) is 21.6. The second-order valence-corrected chi connectivity index (χ2v) is 10.1. The van der Waals surface area contributed by atoms with Crippen LogP contribution in [0.25, 0.3) is 0 Å². The Morgan fingerprint density at radius 3 is 2.90 bits per heavy atom. The molecule has 3 rings (SSSR count). The smallest absolute Gasteiger partial charge is 0.407 e. The molecule has 0 aromatic carbocycles. The molecule has 1 saturated carbocycles. The van der Waals surface area contributed by atoms with Crippen molar-refractivity contribution in [3.05, 3.63) is 24.2 Å². The van der Waals surface area contributed by atoms with Crippen LogP contribution in [0.3, 0.4) is 0 Å². The molecule has 1 aliphatic heterocycles. The summed E-state index contributed by atoms with van der Waals surface area (Å²) >= 11 is 1.81. The predicted molar refractivity (Wildman–Crippen MR) is 122 cm³/mol. The molecule has 168 valence electrons. The number of furan rings is 1. The molecule has 3 atom stereocenters. The largest absolute Gasteiger partial charge is 0.469 e. The first kappa shape index (κ1) is 22.8. The van der Waals surface area contributed by atoms with Gasteiger partial charge in [0.05, 0.1) is 12.8 Å². The number of thioether (sulfide) groups is 1. The first-order valence-electron chi connectivity index (χ1n) is 10.9. The Bertz CT molecular complexity index is 702. The molecule has 2 N–H and O–H groups in total. The van der Waals surface area contributed by atoms with Crippen molar-refractivity contribution in [2.45, 2.75) is 51.7 Å². The lowest BCUT2D eigenvalue weighted by Gasteiger charge is -2.26. The van der Waals surface area contributed by atoms with Crippen LogP contribution in [0.15, 0.2) is 27.8 Å². The van der Waals surface area contributed by atoms with Crippen LogP contribution in [0.2, 0.25) is 0 Å². The van der Waals surface area contributed by atoms with Crippen molar-refractivity contribution in [3.63, 3.8) is 0 Å². The highest BCUT2D eigenvalue weighted by atomic mass is 32.2. The van der Waals surface area contributed by atoms with E-state index in [0.29, 0.717) is 11.8 Å². The van der Waals surface area contributed by atoms with Crippen molar-refractivity contribution >= 4 is 23.8 Å². The van der Waals surface area contributed by atoms with Crippen LogP contribution in [0.4, 0.5) is 4.79 Å². The quantitative estimate of drug-likeness (QED) is 0.388. The van der Waals surface area contributed by atoms with Gasteiger partial charge in [0, 0.05) is 43.8 Å². The van der Waals surface area contributed by atoms with Gasteiger partial charge in [-0.1, -0.05) is 0 Å². The summed E-state index contributed by atoms with van der Waals surface area (Å²) < 4.78 is 10.9. The number of amides is 1. The van der Waals surface area contributed by atoms with Crippen LogP contribution in [-0.2, 0) is 11.2 Å². The fraction of sp³-hybridized carbons (Fsp3) is 0.727. The highest BCUT2D eigenvalue weighted by Crippen LogP contribution is 2.38. The van der Waals surface area contributed by atoms with Crippen molar-refractivity contribution in [2.75, 3.05) is 38.2 Å². The topological polar surface area (TPSA) is 79.1 Å². The van der Waals surface area contributed by atoms with Crippen LogP contribution in [-0.4, -0.2) is 66.8 Å². The fourth-order valence-corrected chi connectivity index (χ4v) is 4.61. The second-order valence-electron chi connectivity index (χ2n) is 9.11. The minimum atomic E-state index is -0.473. The van der Waals surface area contributed by atoms with Gasteiger partial charge in [-0.2, -0.15) is 11.8 Å². The predicted octanol–water partition coefficient (Wildman–Crippen LogP) is 3.37. The molecule has 3 unspecified atom stereocenters. The number of hydrogen-bond donors (Lipinski definition) is 2. The lowest BCUT2D eigenvalue weighted by Crippen LogP contribution is -2.45. The summed E-state index contributed by atoms with van der Waals surface area (Å²) in [6.07, 6.45) is 6.49. The standard InChI is InChI=1S/C22H36N4O3S/c1-22(2,3)29-21(27)25-19-8-7-16-14-26(15-18(16)19)20(24-11-13-30-4)23-10-9-17-6-5-12-28-17/h5-6,12,16,18-19H,7-11,13-15H2,1-4H3,(H,23,24)(H,25,27). The van der Waals surface area contributed by atoms with E-state index in [9.17, 15) is 4.79 Å². The van der Waals surface area contributed by atoms with Crippen molar-refractivity contribution in [3.8, 4) is 0 Å². The molecule has 0 radical (unpaired) electrons. The van der Waals surface area contributed by atoms with E-state index in [-0.39, 0.29) is 12.1 Å². The number of nitrogens with one attached hydrogen (secondary N) is 2. The summed E-state index contributed by atoms with van der Waals surface area (Å²) in [6, 6.07) is 4.09. The van der Waals surface area contributed by atoms with Crippen molar-refractivity contribution in [2.24, 2.45) is 16.8 Å². The third kappa shape index (κ3) is 6.59. The minimum Gasteiger partial charge on any atom is -0.469 e. The van der Waals surface area contributed by atoms with Gasteiger partial charge in [-0.05, 0) is 57.9 Å². The second kappa shape index (κ2) is 10.5. The normalized spacial score (nSPS) is 24.1. The third-order valence-corrected chi connectivity index (χ3v) is 6.24. The monoisotopic (exact) mass is 436 g/mol. The van der Waals surface area contributed by atoms with Gasteiger partial charge in [0.2, 0.25) is 0 Å². The van der Waals surface area contributed by atoms with Gasteiger partial charge in [0.1, 0.15) is 11.4 Å². The number of rotatable bonds is 7. The van der Waals surface area contributed by atoms with Crippen LogP contribution >= 0.6 is 11.8 Å². The molecule has 2 fully saturated rings. The number of guanidine groups is 1. The number of carbonyl (C=O) groups is 1. The van der Waals surface area contributed by atoms with E-state index in [4.69, 9.17) is 14.1 Å². The van der Waals surface area contributed by atoms with Gasteiger partial charge < -0.3 is 24.7 Å². The summed E-state index contributed by atoms with van der Waals surface area (Å²) in [7, 11) is 0. The maximum atomic E-state index is 12.3. The first-order valence-corrected chi connectivity index (χ1v) is 12.3. The Hall–Kier alpha value is -1.83. The Morgan fingerprint density at radius 1 is 1.37 bits per heavy atom. The first-order chi connectivity index (χ1) is 14.4. The molecule has 30 heavy (non-hydrogen) atoms. The van der Waals surface area contributed by atoms with Gasteiger partial charge in [0.15, 0.2) is 5.96 Å². The van der Waals surface area contributed by atoms with E-state index in [2.05, 4.69) is 21.8 Å². The number of carbonyl (C=O) groups excluding carboxylic acids is 1. The molecule has 1 amide bonds. The number of likely N-dealkylation sites (tertiary alicyclic amines) is 1. The maximum absolute atomic E-state index is 12.3. The molecule has 1 aliphatic carbocycles. The van der Waals surface area contributed by atoms with Gasteiger partial charge in [-0.25, -0.2) is 4.79 Å². The average Bonchev–Trinajstić information content (AvgIpc) is 3.38. The van der Waals surface area contributed by atoms with Gasteiger partial charge in [-0.15, -0.1) is 0 Å². The number of nitrogens with zero attached hydrogens (tertiary/aromatic N) is 2. The molecule has 1 aromatic heterocycles. The zero-order valence-electron chi connectivity index (χ0n) is 18.6. The number of hydrogen-bond acceptors (Lipinski definition) is 5. The van der Waals surface area contributed by atoms with Crippen molar-refractivity contribution < 1.29 is 13.9 Å². The summed E-state index contributed by atoms with van der Waals surface area (Å²) in [5.41, 5.74) is -0.473. The molecule has 0 bridgehead atoms. The van der Waals surface area contributed by atoms with Crippen LogP contribution < -0.4 is 10.6 Å². The number of fused-ring (bicyclic) bond motifs is 1. The Balaban J connectivity index is 1.56. The Kier molecular flexibility index (Phi) is 7.97. The molecule has 2 aliphatic rings. The molecule has 2 heterocycles. The minimum absolute atomic E-state index is 0.172. The van der Waals surface area contributed by atoms with Gasteiger partial charge in [-0.3, -0.25) is 4.99 Å².